The lowest BCUT2D eigenvalue weighted by molar-refractivity contribution is 0.102. The molecule has 1 N–H and O–H groups in total. The number of benzene rings is 1. The molecule has 28 heavy (non-hydrogen) atoms. The number of aryl methyl sites for hydroxylation is 1. The third kappa shape index (κ3) is 3.56. The largest absolute Gasteiger partial charge is 0.319 e. The van der Waals surface area contributed by atoms with Crippen LogP contribution >= 0.6 is 15.9 Å². The van der Waals surface area contributed by atoms with Crippen molar-refractivity contribution >= 4 is 27.5 Å². The number of hydrogen-bond donors (Lipinski definition) is 1. The molecule has 0 aliphatic carbocycles. The minimum atomic E-state index is -0.388. The van der Waals surface area contributed by atoms with E-state index in [1.807, 2.05) is 17.7 Å². The van der Waals surface area contributed by atoms with Crippen molar-refractivity contribution < 1.29 is 9.18 Å². The quantitative estimate of drug-likeness (QED) is 0.521. The Hall–Kier alpha value is -3.33. The van der Waals surface area contributed by atoms with Crippen molar-refractivity contribution in [2.45, 2.75) is 6.92 Å². The molecule has 0 fully saturated rings. The topological polar surface area (TPSA) is 77.6 Å². The Bertz CT molecular complexity index is 1130. The molecule has 0 unspecified atom stereocenters. The van der Waals surface area contributed by atoms with Crippen molar-refractivity contribution in [3.63, 3.8) is 0 Å². The van der Waals surface area contributed by atoms with E-state index in [4.69, 9.17) is 0 Å². The van der Waals surface area contributed by atoms with Gasteiger partial charge in [-0.15, -0.1) is 0 Å². The summed E-state index contributed by atoms with van der Waals surface area (Å²) < 4.78 is 16.9. The van der Waals surface area contributed by atoms with Gasteiger partial charge in [-0.05, 0) is 59.3 Å². The maximum absolute atomic E-state index is 13.1. The number of carbonyl (C=O) groups excluding carboxylic acids is 1. The Morgan fingerprint density at radius 1 is 1.14 bits per heavy atom. The molecule has 4 rings (SSSR count). The summed E-state index contributed by atoms with van der Waals surface area (Å²) in [5, 5.41) is 7.05. The highest BCUT2D eigenvalue weighted by atomic mass is 79.9. The van der Waals surface area contributed by atoms with Gasteiger partial charge in [0, 0.05) is 18.6 Å². The van der Waals surface area contributed by atoms with Crippen LogP contribution in [-0.4, -0.2) is 30.2 Å². The molecule has 3 heterocycles. The molecule has 0 radical (unpaired) electrons. The molecule has 0 aliphatic heterocycles. The molecule has 0 saturated carbocycles. The van der Waals surface area contributed by atoms with Gasteiger partial charge in [0.1, 0.15) is 17.5 Å². The van der Waals surface area contributed by atoms with E-state index in [1.54, 1.807) is 42.9 Å². The number of amides is 1. The smallest absolute Gasteiger partial charge is 0.277 e. The number of rotatable bonds is 4. The number of nitrogens with one attached hydrogen (secondary N) is 1. The van der Waals surface area contributed by atoms with Crippen LogP contribution in [0, 0.1) is 12.7 Å². The van der Waals surface area contributed by atoms with Crippen LogP contribution in [0.4, 0.5) is 10.1 Å². The zero-order valence-electron chi connectivity index (χ0n) is 14.7. The second-order valence-electron chi connectivity index (χ2n) is 5.95. The fourth-order valence-corrected chi connectivity index (χ4v) is 3.10. The standard InChI is InChI=1S/C19H14BrFN6O/c1-12-22-8-9-26(12)17-7-4-14(10-23-17)24-19(28)18-16(20)11-27(25-18)15-5-2-13(21)3-6-15/h2-11H,1H3,(H,24,28). The Labute approximate surface area is 168 Å². The average Bonchev–Trinajstić information content (AvgIpc) is 3.29. The van der Waals surface area contributed by atoms with Gasteiger partial charge < -0.3 is 5.32 Å². The highest BCUT2D eigenvalue weighted by Gasteiger charge is 2.16. The summed E-state index contributed by atoms with van der Waals surface area (Å²) in [5.74, 6) is 0.796. The molecule has 0 spiro atoms. The first-order chi connectivity index (χ1) is 13.5. The molecule has 140 valence electrons. The van der Waals surface area contributed by atoms with Gasteiger partial charge in [-0.25, -0.2) is 19.0 Å². The van der Waals surface area contributed by atoms with E-state index < -0.39 is 0 Å². The van der Waals surface area contributed by atoms with Gasteiger partial charge >= 0.3 is 0 Å². The van der Waals surface area contributed by atoms with Gasteiger partial charge in [-0.1, -0.05) is 0 Å². The Kier molecular flexibility index (Phi) is 4.74. The number of hydrogen-bond acceptors (Lipinski definition) is 4. The van der Waals surface area contributed by atoms with Crippen LogP contribution in [0.3, 0.4) is 0 Å². The molecule has 7 nitrogen and oxygen atoms in total. The van der Waals surface area contributed by atoms with E-state index in [0.29, 0.717) is 21.7 Å². The number of carbonyl (C=O) groups is 1. The molecule has 9 heteroatoms. The number of anilines is 1. The molecule has 0 bridgehead atoms. The first kappa shape index (κ1) is 18.1. The van der Waals surface area contributed by atoms with Crippen molar-refractivity contribution in [3.8, 4) is 11.5 Å². The zero-order chi connectivity index (χ0) is 19.7. The van der Waals surface area contributed by atoms with E-state index in [0.717, 1.165) is 5.82 Å². The lowest BCUT2D eigenvalue weighted by Gasteiger charge is -2.06. The van der Waals surface area contributed by atoms with Gasteiger partial charge in [-0.2, -0.15) is 5.10 Å². The van der Waals surface area contributed by atoms with Crippen LogP contribution in [0.2, 0.25) is 0 Å². The molecular weight excluding hydrogens is 427 g/mol. The van der Waals surface area contributed by atoms with Gasteiger partial charge in [-0.3, -0.25) is 9.36 Å². The molecule has 1 amide bonds. The van der Waals surface area contributed by atoms with E-state index in [2.05, 4.69) is 36.3 Å². The average molecular weight is 441 g/mol. The second-order valence-corrected chi connectivity index (χ2v) is 6.80. The fourth-order valence-electron chi connectivity index (χ4n) is 2.65. The van der Waals surface area contributed by atoms with Crippen molar-refractivity contribution in [3.05, 3.63) is 83.0 Å². The normalized spacial score (nSPS) is 10.8. The maximum atomic E-state index is 13.1. The Balaban J connectivity index is 1.52. The van der Waals surface area contributed by atoms with Crippen LogP contribution < -0.4 is 5.32 Å². The molecule has 4 aromatic rings. The summed E-state index contributed by atoms with van der Waals surface area (Å²) in [5.41, 5.74) is 1.39. The molecule has 1 aromatic carbocycles. The van der Waals surface area contributed by atoms with Crippen molar-refractivity contribution in [2.24, 2.45) is 0 Å². The summed E-state index contributed by atoms with van der Waals surface area (Å²) in [6.07, 6.45) is 6.72. The predicted molar refractivity (Wildman–Crippen MR) is 105 cm³/mol. The molecule has 0 aliphatic rings. The number of nitrogens with zero attached hydrogens (tertiary/aromatic N) is 5. The number of aromatic nitrogens is 5. The molecule has 0 saturated heterocycles. The van der Waals surface area contributed by atoms with Crippen molar-refractivity contribution in [1.29, 1.82) is 0 Å². The lowest BCUT2D eigenvalue weighted by atomic mass is 10.3. The molecule has 0 atom stereocenters. The highest BCUT2D eigenvalue weighted by molar-refractivity contribution is 9.10. The van der Waals surface area contributed by atoms with E-state index >= 15 is 0 Å². The summed E-state index contributed by atoms with van der Waals surface area (Å²) in [6, 6.07) is 9.37. The van der Waals surface area contributed by atoms with Crippen LogP contribution in [0.25, 0.3) is 11.5 Å². The Morgan fingerprint density at radius 2 is 1.93 bits per heavy atom. The first-order valence-electron chi connectivity index (χ1n) is 8.30. The summed E-state index contributed by atoms with van der Waals surface area (Å²) in [6.45, 7) is 1.88. The van der Waals surface area contributed by atoms with Crippen molar-refractivity contribution in [1.82, 2.24) is 24.3 Å². The minimum Gasteiger partial charge on any atom is -0.319 e. The van der Waals surface area contributed by atoms with Crippen LogP contribution in [0.5, 0.6) is 0 Å². The molecular formula is C19H14BrFN6O. The summed E-state index contributed by atoms with van der Waals surface area (Å²) in [7, 11) is 0. The number of pyridine rings is 1. The lowest BCUT2D eigenvalue weighted by Crippen LogP contribution is -2.14. The zero-order valence-corrected chi connectivity index (χ0v) is 16.3. The molecule has 3 aromatic heterocycles. The van der Waals surface area contributed by atoms with Crippen LogP contribution in [-0.2, 0) is 0 Å². The highest BCUT2D eigenvalue weighted by Crippen LogP contribution is 2.20. The monoisotopic (exact) mass is 440 g/mol. The van der Waals surface area contributed by atoms with Gasteiger partial charge in [0.25, 0.3) is 5.91 Å². The van der Waals surface area contributed by atoms with Crippen LogP contribution in [0.1, 0.15) is 16.3 Å². The predicted octanol–water partition coefficient (Wildman–Crippen LogP) is 3.92. The van der Waals surface area contributed by atoms with Gasteiger partial charge in [0.2, 0.25) is 0 Å². The summed E-state index contributed by atoms with van der Waals surface area (Å²) >= 11 is 3.34. The van der Waals surface area contributed by atoms with Gasteiger partial charge in [0.15, 0.2) is 5.69 Å². The van der Waals surface area contributed by atoms with E-state index in [9.17, 15) is 9.18 Å². The third-order valence-corrected chi connectivity index (χ3v) is 4.63. The number of halogens is 2. The number of imidazole rings is 1. The fraction of sp³-hybridized carbons (Fsp3) is 0.0526. The summed E-state index contributed by atoms with van der Waals surface area (Å²) in [4.78, 5) is 21.1. The second kappa shape index (κ2) is 7.35. The maximum Gasteiger partial charge on any atom is 0.277 e. The van der Waals surface area contributed by atoms with Crippen molar-refractivity contribution in [2.75, 3.05) is 5.32 Å². The minimum absolute atomic E-state index is 0.207. The van der Waals surface area contributed by atoms with Gasteiger partial charge in [0.05, 0.1) is 22.0 Å². The first-order valence-corrected chi connectivity index (χ1v) is 9.09. The SMILES string of the molecule is Cc1nccn1-c1ccc(NC(=O)c2nn(-c3ccc(F)cc3)cc2Br)cn1. The van der Waals surface area contributed by atoms with E-state index in [-0.39, 0.29) is 17.4 Å². The van der Waals surface area contributed by atoms with E-state index in [1.165, 1.54) is 16.8 Å². The Morgan fingerprint density at radius 3 is 2.57 bits per heavy atom. The third-order valence-electron chi connectivity index (χ3n) is 4.05. The van der Waals surface area contributed by atoms with Crippen LogP contribution in [0.15, 0.2) is 65.7 Å².